The Bertz CT molecular complexity index is 851. The van der Waals surface area contributed by atoms with E-state index in [0.29, 0.717) is 0 Å². The van der Waals surface area contributed by atoms with E-state index >= 15 is 0 Å². The molecule has 1 N–H and O–H groups in total. The number of rotatable bonds is 5. The van der Waals surface area contributed by atoms with Crippen LogP contribution in [0.4, 0.5) is 0 Å². The lowest BCUT2D eigenvalue weighted by Crippen LogP contribution is -2.11. The fraction of sp³-hybridized carbons (Fsp3) is 0.263. The molecule has 1 aromatic heterocycles. The molecule has 0 bridgehead atoms. The Morgan fingerprint density at radius 2 is 1.91 bits per heavy atom. The minimum Gasteiger partial charge on any atom is -0.480 e. The number of carbonyl (C=O) groups is 1. The number of benzene rings is 2. The molecule has 4 heteroatoms. The van der Waals surface area contributed by atoms with E-state index in [-0.39, 0.29) is 6.54 Å². The number of hydrogen-bond acceptors (Lipinski definition) is 2. The Kier molecular flexibility index (Phi) is 4.15. The van der Waals surface area contributed by atoms with Gasteiger partial charge < -0.3 is 9.67 Å². The van der Waals surface area contributed by atoms with Crippen molar-refractivity contribution in [2.75, 3.05) is 0 Å². The van der Waals surface area contributed by atoms with Gasteiger partial charge in [0, 0.05) is 6.42 Å². The van der Waals surface area contributed by atoms with Crippen LogP contribution in [0.3, 0.4) is 0 Å². The highest BCUT2D eigenvalue weighted by atomic mass is 16.4. The molecule has 0 aliphatic heterocycles. The zero-order valence-corrected chi connectivity index (χ0v) is 13.4. The first-order valence-electron chi connectivity index (χ1n) is 7.87. The van der Waals surface area contributed by atoms with Crippen molar-refractivity contribution >= 4 is 17.0 Å². The van der Waals surface area contributed by atoms with Crippen LogP contribution in [-0.4, -0.2) is 20.6 Å². The molecule has 0 amide bonds. The second-order valence-electron chi connectivity index (χ2n) is 5.78. The monoisotopic (exact) mass is 308 g/mol. The largest absolute Gasteiger partial charge is 0.480 e. The van der Waals surface area contributed by atoms with Crippen molar-refractivity contribution in [3.63, 3.8) is 0 Å². The maximum absolute atomic E-state index is 11.3. The summed E-state index contributed by atoms with van der Waals surface area (Å²) in [6, 6.07) is 14.3. The van der Waals surface area contributed by atoms with E-state index in [1.807, 2.05) is 35.8 Å². The van der Waals surface area contributed by atoms with Crippen molar-refractivity contribution < 1.29 is 9.90 Å². The zero-order chi connectivity index (χ0) is 16.4. The van der Waals surface area contributed by atoms with Crippen molar-refractivity contribution in [2.24, 2.45) is 0 Å². The summed E-state index contributed by atoms with van der Waals surface area (Å²) >= 11 is 0. The van der Waals surface area contributed by atoms with E-state index in [9.17, 15) is 9.90 Å². The summed E-state index contributed by atoms with van der Waals surface area (Å²) in [5, 5.41) is 9.24. The number of nitrogens with zero attached hydrogens (tertiary/aromatic N) is 2. The Balaban J connectivity index is 2.23. The van der Waals surface area contributed by atoms with Crippen LogP contribution < -0.4 is 0 Å². The Labute approximate surface area is 135 Å². The summed E-state index contributed by atoms with van der Waals surface area (Å²) in [5.74, 6) is 0.00244. The molecule has 0 spiro atoms. The standard InChI is InChI=1S/C19H20N2O2/c1-3-7-17-20-19-13(2)10-15(14-8-5-4-6-9-14)11-16(19)21(17)12-18(22)23/h4-6,8-11H,3,7,12H2,1-2H3,(H,22,23). The first-order chi connectivity index (χ1) is 11.1. The molecule has 0 radical (unpaired) electrons. The van der Waals surface area contributed by atoms with E-state index < -0.39 is 5.97 Å². The molecule has 0 aliphatic carbocycles. The van der Waals surface area contributed by atoms with Gasteiger partial charge in [-0.2, -0.15) is 0 Å². The van der Waals surface area contributed by atoms with Crippen LogP contribution in [-0.2, 0) is 17.8 Å². The molecule has 23 heavy (non-hydrogen) atoms. The van der Waals surface area contributed by atoms with Gasteiger partial charge >= 0.3 is 5.97 Å². The first kappa shape index (κ1) is 15.3. The van der Waals surface area contributed by atoms with Crippen molar-refractivity contribution in [3.8, 4) is 11.1 Å². The van der Waals surface area contributed by atoms with Gasteiger partial charge in [0.2, 0.25) is 0 Å². The summed E-state index contributed by atoms with van der Waals surface area (Å²) in [7, 11) is 0. The molecular weight excluding hydrogens is 288 g/mol. The van der Waals surface area contributed by atoms with Crippen LogP contribution >= 0.6 is 0 Å². The maximum atomic E-state index is 11.3. The van der Waals surface area contributed by atoms with E-state index in [1.165, 1.54) is 0 Å². The lowest BCUT2D eigenvalue weighted by Gasteiger charge is -2.08. The minimum atomic E-state index is -0.843. The summed E-state index contributed by atoms with van der Waals surface area (Å²) in [5.41, 5.74) is 5.08. The van der Waals surface area contributed by atoms with Crippen LogP contribution in [0.1, 0.15) is 24.7 Å². The molecule has 118 valence electrons. The molecule has 0 atom stereocenters. The fourth-order valence-corrected chi connectivity index (χ4v) is 2.96. The summed E-state index contributed by atoms with van der Waals surface area (Å²) in [6.45, 7) is 4.05. The molecule has 0 unspecified atom stereocenters. The number of hydrogen-bond donors (Lipinski definition) is 1. The Morgan fingerprint density at radius 3 is 2.57 bits per heavy atom. The molecule has 1 heterocycles. The molecular formula is C19H20N2O2. The van der Waals surface area contributed by atoms with Crippen LogP contribution in [0.15, 0.2) is 42.5 Å². The quantitative estimate of drug-likeness (QED) is 0.773. The fourth-order valence-electron chi connectivity index (χ4n) is 2.96. The lowest BCUT2D eigenvalue weighted by molar-refractivity contribution is -0.137. The van der Waals surface area contributed by atoms with Crippen molar-refractivity contribution in [1.82, 2.24) is 9.55 Å². The number of aryl methyl sites for hydroxylation is 2. The second kappa shape index (κ2) is 6.24. The van der Waals surface area contributed by atoms with E-state index in [1.54, 1.807) is 0 Å². The topological polar surface area (TPSA) is 55.1 Å². The van der Waals surface area contributed by atoms with Crippen LogP contribution in [0, 0.1) is 6.92 Å². The zero-order valence-electron chi connectivity index (χ0n) is 13.4. The predicted octanol–water partition coefficient (Wildman–Crippen LogP) is 4.05. The number of carboxylic acids is 1. The van der Waals surface area contributed by atoms with Gasteiger partial charge in [-0.3, -0.25) is 4.79 Å². The normalized spacial score (nSPS) is 11.0. The van der Waals surface area contributed by atoms with Gasteiger partial charge in [0.1, 0.15) is 12.4 Å². The number of aromatic nitrogens is 2. The van der Waals surface area contributed by atoms with Crippen molar-refractivity contribution in [1.29, 1.82) is 0 Å². The van der Waals surface area contributed by atoms with Gasteiger partial charge in [0.05, 0.1) is 11.0 Å². The molecule has 0 saturated heterocycles. The average molecular weight is 308 g/mol. The molecule has 0 fully saturated rings. The van der Waals surface area contributed by atoms with Gasteiger partial charge in [-0.1, -0.05) is 37.3 Å². The smallest absolute Gasteiger partial charge is 0.323 e. The Hall–Kier alpha value is -2.62. The Morgan fingerprint density at radius 1 is 1.17 bits per heavy atom. The maximum Gasteiger partial charge on any atom is 0.323 e. The molecule has 0 saturated carbocycles. The third-order valence-electron chi connectivity index (χ3n) is 4.00. The van der Waals surface area contributed by atoms with Gasteiger partial charge in [0.15, 0.2) is 0 Å². The van der Waals surface area contributed by atoms with Crippen molar-refractivity contribution in [2.45, 2.75) is 33.2 Å². The summed E-state index contributed by atoms with van der Waals surface area (Å²) < 4.78 is 1.83. The molecule has 3 aromatic rings. The van der Waals surface area contributed by atoms with E-state index in [0.717, 1.165) is 46.4 Å². The van der Waals surface area contributed by atoms with Crippen molar-refractivity contribution in [3.05, 3.63) is 53.9 Å². The molecule has 3 rings (SSSR count). The SMILES string of the molecule is CCCc1nc2c(C)cc(-c3ccccc3)cc2n1CC(=O)O. The van der Waals surface area contributed by atoms with E-state index in [4.69, 9.17) is 0 Å². The second-order valence-corrected chi connectivity index (χ2v) is 5.78. The summed E-state index contributed by atoms with van der Waals surface area (Å²) in [4.78, 5) is 15.9. The molecule has 2 aromatic carbocycles. The van der Waals surface area contributed by atoms with Gasteiger partial charge in [-0.05, 0) is 42.2 Å². The number of imidazole rings is 1. The van der Waals surface area contributed by atoms with Gasteiger partial charge in [-0.25, -0.2) is 4.98 Å². The highest BCUT2D eigenvalue weighted by molar-refractivity contribution is 5.86. The third-order valence-corrected chi connectivity index (χ3v) is 4.00. The summed E-state index contributed by atoms with van der Waals surface area (Å²) in [6.07, 6.45) is 1.72. The number of fused-ring (bicyclic) bond motifs is 1. The highest BCUT2D eigenvalue weighted by Crippen LogP contribution is 2.28. The van der Waals surface area contributed by atoms with Crippen LogP contribution in [0.2, 0.25) is 0 Å². The number of carboxylic acid groups (broad SMARTS) is 1. The molecule has 4 nitrogen and oxygen atoms in total. The third kappa shape index (κ3) is 2.97. The van der Waals surface area contributed by atoms with Gasteiger partial charge in [-0.15, -0.1) is 0 Å². The van der Waals surface area contributed by atoms with Gasteiger partial charge in [0.25, 0.3) is 0 Å². The first-order valence-corrected chi connectivity index (χ1v) is 7.87. The highest BCUT2D eigenvalue weighted by Gasteiger charge is 2.15. The van der Waals surface area contributed by atoms with Crippen LogP contribution in [0.25, 0.3) is 22.2 Å². The van der Waals surface area contributed by atoms with Crippen LogP contribution in [0.5, 0.6) is 0 Å². The van der Waals surface area contributed by atoms with E-state index in [2.05, 4.69) is 30.1 Å². The molecule has 0 aliphatic rings. The predicted molar refractivity (Wildman–Crippen MR) is 91.5 cm³/mol. The average Bonchev–Trinajstić information content (AvgIpc) is 2.87. The lowest BCUT2D eigenvalue weighted by atomic mass is 10.0. The number of aliphatic carboxylic acids is 1. The minimum absolute atomic E-state index is 0.0521.